The molecular formula is C26H42N2O5. The molecule has 1 aromatic carbocycles. The quantitative estimate of drug-likeness (QED) is 0.541. The summed E-state index contributed by atoms with van der Waals surface area (Å²) < 4.78 is 17.8. The number of nitrogens with one attached hydrogen (secondary N) is 2. The van der Waals surface area contributed by atoms with Gasteiger partial charge in [0, 0.05) is 18.6 Å². The molecule has 7 nitrogen and oxygen atoms in total. The van der Waals surface area contributed by atoms with Crippen molar-refractivity contribution in [1.29, 1.82) is 0 Å². The highest BCUT2D eigenvalue weighted by Gasteiger charge is 2.48. The summed E-state index contributed by atoms with van der Waals surface area (Å²) in [5.41, 5.74) is -1.78. The van der Waals surface area contributed by atoms with Crippen LogP contribution in [0.5, 0.6) is 0 Å². The highest BCUT2D eigenvalue weighted by Crippen LogP contribution is 2.28. The van der Waals surface area contributed by atoms with Crippen LogP contribution in [0.4, 0.5) is 0 Å². The maximum Gasteiger partial charge on any atom is 0.338 e. The lowest BCUT2D eigenvalue weighted by atomic mass is 9.87. The van der Waals surface area contributed by atoms with Gasteiger partial charge in [0.25, 0.3) is 0 Å². The molecule has 0 aliphatic carbocycles. The Bertz CT molecular complexity index is 799. The van der Waals surface area contributed by atoms with E-state index < -0.39 is 40.9 Å². The molecule has 0 saturated carbocycles. The molecule has 1 aromatic rings. The first-order chi connectivity index (χ1) is 15.1. The zero-order valence-electron chi connectivity index (χ0n) is 21.7. The molecule has 0 spiro atoms. The number of hydrogen-bond donors (Lipinski definition) is 2. The predicted octanol–water partition coefficient (Wildman–Crippen LogP) is 3.70. The Morgan fingerprint density at radius 3 is 1.94 bits per heavy atom. The van der Waals surface area contributed by atoms with E-state index in [2.05, 4.69) is 17.6 Å². The first-order valence-corrected chi connectivity index (χ1v) is 11.7. The van der Waals surface area contributed by atoms with Crippen molar-refractivity contribution in [3.63, 3.8) is 0 Å². The van der Waals surface area contributed by atoms with Gasteiger partial charge < -0.3 is 19.5 Å². The topological polar surface area (TPSA) is 85.9 Å². The average molecular weight is 463 g/mol. The van der Waals surface area contributed by atoms with Crippen LogP contribution in [0, 0.1) is 0 Å². The van der Waals surface area contributed by atoms with Crippen LogP contribution in [0.2, 0.25) is 0 Å². The van der Waals surface area contributed by atoms with Gasteiger partial charge in [-0.2, -0.15) is 0 Å². The Morgan fingerprint density at radius 2 is 1.52 bits per heavy atom. The van der Waals surface area contributed by atoms with E-state index in [9.17, 15) is 9.59 Å². The lowest BCUT2D eigenvalue weighted by Gasteiger charge is -2.46. The lowest BCUT2D eigenvalue weighted by Crippen LogP contribution is -2.72. The minimum Gasteiger partial charge on any atom is -0.458 e. The number of benzene rings is 1. The lowest BCUT2D eigenvalue weighted by molar-refractivity contribution is -0.190. The van der Waals surface area contributed by atoms with Crippen molar-refractivity contribution in [2.45, 2.75) is 103 Å². The van der Waals surface area contributed by atoms with Gasteiger partial charge in [-0.15, -0.1) is 0 Å². The van der Waals surface area contributed by atoms with Crippen LogP contribution in [0.3, 0.4) is 0 Å². The second kappa shape index (κ2) is 10.1. The zero-order valence-corrected chi connectivity index (χ0v) is 21.7. The average Bonchev–Trinajstić information content (AvgIpc) is 2.64. The summed E-state index contributed by atoms with van der Waals surface area (Å²) in [6.45, 7) is 18.0. The molecule has 1 fully saturated rings. The van der Waals surface area contributed by atoms with Gasteiger partial charge in [0.2, 0.25) is 0 Å². The molecule has 7 heteroatoms. The van der Waals surface area contributed by atoms with Crippen molar-refractivity contribution < 1.29 is 23.8 Å². The summed E-state index contributed by atoms with van der Waals surface area (Å²) in [6.07, 6.45) is -0.394. The van der Waals surface area contributed by atoms with E-state index >= 15 is 0 Å². The number of esters is 2. The molecule has 0 amide bonds. The van der Waals surface area contributed by atoms with Gasteiger partial charge in [-0.1, -0.05) is 37.3 Å². The predicted molar refractivity (Wildman–Crippen MR) is 129 cm³/mol. The molecule has 2 rings (SSSR count). The molecule has 33 heavy (non-hydrogen) atoms. The van der Waals surface area contributed by atoms with Crippen LogP contribution >= 0.6 is 0 Å². The molecule has 0 bridgehead atoms. The third kappa shape index (κ3) is 7.80. The number of hydrogen-bond acceptors (Lipinski definition) is 7. The van der Waals surface area contributed by atoms with Gasteiger partial charge in [-0.3, -0.25) is 10.1 Å². The Hall–Kier alpha value is -1.96. The van der Waals surface area contributed by atoms with Crippen LogP contribution in [-0.2, 0) is 29.4 Å². The summed E-state index contributed by atoms with van der Waals surface area (Å²) in [7, 11) is 0. The van der Waals surface area contributed by atoms with Crippen molar-refractivity contribution >= 4 is 11.9 Å². The van der Waals surface area contributed by atoms with Crippen molar-refractivity contribution in [2.75, 3.05) is 13.1 Å². The van der Waals surface area contributed by atoms with Crippen molar-refractivity contribution in [3.8, 4) is 0 Å². The fourth-order valence-corrected chi connectivity index (χ4v) is 3.68. The molecule has 186 valence electrons. The van der Waals surface area contributed by atoms with Gasteiger partial charge in [0.15, 0.2) is 6.10 Å². The second-order valence-corrected chi connectivity index (χ2v) is 11.3. The molecule has 1 aliphatic rings. The molecule has 1 saturated heterocycles. The smallest absolute Gasteiger partial charge is 0.338 e. The van der Waals surface area contributed by atoms with Crippen molar-refractivity contribution in [2.24, 2.45) is 0 Å². The molecular weight excluding hydrogens is 420 g/mol. The van der Waals surface area contributed by atoms with Gasteiger partial charge >= 0.3 is 11.9 Å². The first-order valence-electron chi connectivity index (χ1n) is 11.7. The Labute approximate surface area is 198 Å². The highest BCUT2D eigenvalue weighted by atomic mass is 16.6. The molecule has 2 atom stereocenters. The van der Waals surface area contributed by atoms with E-state index in [1.807, 2.05) is 65.0 Å². The van der Waals surface area contributed by atoms with Gasteiger partial charge in [0.1, 0.15) is 17.2 Å². The van der Waals surface area contributed by atoms with Crippen LogP contribution < -0.4 is 10.6 Å². The number of carbonyl (C=O) groups excluding carboxylic acids is 2. The molecule has 0 aromatic heterocycles. The second-order valence-electron chi connectivity index (χ2n) is 11.3. The first kappa shape index (κ1) is 27.3. The fraction of sp³-hybridized carbons (Fsp3) is 0.692. The zero-order chi connectivity index (χ0) is 25.1. The summed E-state index contributed by atoms with van der Waals surface area (Å²) in [4.78, 5) is 27.0. The third-order valence-corrected chi connectivity index (χ3v) is 5.57. The Balaban J connectivity index is 2.42. The molecule has 2 unspecified atom stereocenters. The van der Waals surface area contributed by atoms with Crippen LogP contribution in [0.15, 0.2) is 30.3 Å². The molecule has 1 heterocycles. The van der Waals surface area contributed by atoms with Crippen LogP contribution in [0.25, 0.3) is 0 Å². The van der Waals surface area contributed by atoms with E-state index in [0.717, 1.165) is 12.0 Å². The van der Waals surface area contributed by atoms with Gasteiger partial charge in [0.05, 0.1) is 5.60 Å². The van der Waals surface area contributed by atoms with E-state index in [-0.39, 0.29) is 5.54 Å². The SMILES string of the molecule is CCC1(NC(C(=O)OC(C)(C)c2ccccc2)C(OC(C)(C)C)C(=O)OC(C)(C)C)CNC1. The van der Waals surface area contributed by atoms with Crippen LogP contribution in [-0.4, -0.2) is 53.9 Å². The summed E-state index contributed by atoms with van der Waals surface area (Å²) >= 11 is 0. The summed E-state index contributed by atoms with van der Waals surface area (Å²) in [5, 5.41) is 6.67. The van der Waals surface area contributed by atoms with E-state index in [1.54, 1.807) is 20.8 Å². The number of carbonyl (C=O) groups is 2. The Kier molecular flexibility index (Phi) is 8.37. The number of ether oxygens (including phenoxy) is 3. The largest absolute Gasteiger partial charge is 0.458 e. The molecule has 0 radical (unpaired) electrons. The maximum absolute atomic E-state index is 13.7. The summed E-state index contributed by atoms with van der Waals surface area (Å²) in [5.74, 6) is -1.15. The van der Waals surface area contributed by atoms with Crippen LogP contribution in [0.1, 0.15) is 74.3 Å². The molecule has 2 N–H and O–H groups in total. The standard InChI is InChI=1S/C26H42N2O5/c1-10-26(16-27-17-26)28-19(20(31-23(2,3)4)22(30)32-24(5,6)7)21(29)33-25(8,9)18-14-12-11-13-15-18/h11-15,19-20,27-28H,10,16-17H2,1-9H3. The van der Waals surface area contributed by atoms with E-state index in [0.29, 0.717) is 13.1 Å². The fourth-order valence-electron chi connectivity index (χ4n) is 3.68. The van der Waals surface area contributed by atoms with Gasteiger partial charge in [-0.25, -0.2) is 4.79 Å². The highest BCUT2D eigenvalue weighted by molar-refractivity contribution is 5.87. The third-order valence-electron chi connectivity index (χ3n) is 5.57. The Morgan fingerprint density at radius 1 is 0.939 bits per heavy atom. The monoisotopic (exact) mass is 462 g/mol. The minimum atomic E-state index is -1.17. The van der Waals surface area contributed by atoms with E-state index in [1.165, 1.54) is 0 Å². The van der Waals surface area contributed by atoms with Crippen molar-refractivity contribution in [3.05, 3.63) is 35.9 Å². The van der Waals surface area contributed by atoms with E-state index in [4.69, 9.17) is 14.2 Å². The maximum atomic E-state index is 13.7. The molecule has 1 aliphatic heterocycles. The number of rotatable bonds is 9. The normalized spacial score (nSPS) is 18.1. The van der Waals surface area contributed by atoms with Gasteiger partial charge in [-0.05, 0) is 67.4 Å². The minimum absolute atomic E-state index is 0.331. The summed E-state index contributed by atoms with van der Waals surface area (Å²) in [6, 6.07) is 8.50. The van der Waals surface area contributed by atoms with Crippen molar-refractivity contribution in [1.82, 2.24) is 10.6 Å².